The largest absolute Gasteiger partial charge is 0.405 e. The molecule has 0 aliphatic rings. The molecule has 6 heteroatoms. The van der Waals surface area contributed by atoms with Gasteiger partial charge in [0.05, 0.1) is 17.6 Å². The number of nitrogens with two attached hydrogens (primary N) is 1. The third kappa shape index (κ3) is 4.18. The van der Waals surface area contributed by atoms with E-state index in [1.54, 1.807) is 19.1 Å². The Bertz CT molecular complexity index is 362. The number of aromatic nitrogens is 1. The van der Waals surface area contributed by atoms with Gasteiger partial charge in [-0.2, -0.15) is 13.2 Å². The number of alkyl halides is 3. The number of nitrogens with zero attached hydrogens (tertiary/aromatic N) is 2. The molecule has 1 unspecified atom stereocenters. The fourth-order valence-electron chi connectivity index (χ4n) is 1.62. The number of pyridine rings is 1. The highest BCUT2D eigenvalue weighted by molar-refractivity contribution is 5.44. The van der Waals surface area contributed by atoms with Crippen LogP contribution in [-0.4, -0.2) is 24.2 Å². The van der Waals surface area contributed by atoms with Crippen LogP contribution in [0.3, 0.4) is 0 Å². The Hall–Kier alpha value is -1.30. The van der Waals surface area contributed by atoms with Gasteiger partial charge in [0.2, 0.25) is 0 Å². The smallest absolute Gasteiger partial charge is 0.362 e. The van der Waals surface area contributed by atoms with Crippen molar-refractivity contribution in [2.75, 3.05) is 18.0 Å². The molecule has 18 heavy (non-hydrogen) atoms. The molecule has 1 aromatic heterocycles. The SMILES string of the molecule is CCC(N)c1ccc(N(CC)CC(F)(F)F)cn1. The van der Waals surface area contributed by atoms with Crippen molar-refractivity contribution in [2.24, 2.45) is 5.73 Å². The van der Waals surface area contributed by atoms with Crippen LogP contribution >= 0.6 is 0 Å². The third-order valence-electron chi connectivity index (χ3n) is 2.71. The van der Waals surface area contributed by atoms with E-state index >= 15 is 0 Å². The second-order valence-corrected chi connectivity index (χ2v) is 4.09. The van der Waals surface area contributed by atoms with Crippen molar-refractivity contribution in [1.29, 1.82) is 0 Å². The lowest BCUT2D eigenvalue weighted by Gasteiger charge is -2.24. The summed E-state index contributed by atoms with van der Waals surface area (Å²) in [5.41, 5.74) is 6.96. The summed E-state index contributed by atoms with van der Waals surface area (Å²) < 4.78 is 37.1. The van der Waals surface area contributed by atoms with E-state index in [0.29, 0.717) is 11.4 Å². The molecular weight excluding hydrogens is 243 g/mol. The molecule has 1 heterocycles. The lowest BCUT2D eigenvalue weighted by Crippen LogP contribution is -2.34. The van der Waals surface area contributed by atoms with Gasteiger partial charge in [0.25, 0.3) is 0 Å². The summed E-state index contributed by atoms with van der Waals surface area (Å²) in [7, 11) is 0. The summed E-state index contributed by atoms with van der Waals surface area (Å²) in [5, 5.41) is 0. The summed E-state index contributed by atoms with van der Waals surface area (Å²) >= 11 is 0. The first-order valence-corrected chi connectivity index (χ1v) is 5.90. The molecule has 0 bridgehead atoms. The van der Waals surface area contributed by atoms with Gasteiger partial charge in [0.15, 0.2) is 0 Å². The number of halogens is 3. The van der Waals surface area contributed by atoms with E-state index in [0.717, 1.165) is 6.42 Å². The van der Waals surface area contributed by atoms with Crippen LogP contribution in [0, 0.1) is 0 Å². The average molecular weight is 261 g/mol. The molecule has 3 nitrogen and oxygen atoms in total. The van der Waals surface area contributed by atoms with Crippen molar-refractivity contribution in [1.82, 2.24) is 4.98 Å². The first-order valence-electron chi connectivity index (χ1n) is 5.90. The van der Waals surface area contributed by atoms with E-state index in [4.69, 9.17) is 5.73 Å². The zero-order chi connectivity index (χ0) is 13.8. The molecule has 0 saturated heterocycles. The maximum atomic E-state index is 12.4. The Kier molecular flexibility index (Phi) is 4.95. The van der Waals surface area contributed by atoms with Gasteiger partial charge in [-0.25, -0.2) is 0 Å². The van der Waals surface area contributed by atoms with Gasteiger partial charge < -0.3 is 10.6 Å². The van der Waals surface area contributed by atoms with Crippen molar-refractivity contribution in [3.05, 3.63) is 24.0 Å². The Morgan fingerprint density at radius 1 is 1.33 bits per heavy atom. The maximum Gasteiger partial charge on any atom is 0.405 e. The van der Waals surface area contributed by atoms with E-state index in [1.165, 1.54) is 11.1 Å². The fraction of sp³-hybridized carbons (Fsp3) is 0.583. The standard InChI is InChI=1S/C12H18F3N3/c1-3-10(16)11-6-5-9(7-17-11)18(4-2)8-12(13,14)15/h5-7,10H,3-4,8,16H2,1-2H3. The number of rotatable bonds is 5. The maximum absolute atomic E-state index is 12.4. The van der Waals surface area contributed by atoms with Crippen LogP contribution in [0.15, 0.2) is 18.3 Å². The Morgan fingerprint density at radius 3 is 2.39 bits per heavy atom. The molecule has 1 atom stereocenters. The van der Waals surface area contributed by atoms with Crippen molar-refractivity contribution < 1.29 is 13.2 Å². The van der Waals surface area contributed by atoms with Gasteiger partial charge in [-0.05, 0) is 25.5 Å². The van der Waals surface area contributed by atoms with Crippen LogP contribution in [-0.2, 0) is 0 Å². The number of hydrogen-bond donors (Lipinski definition) is 1. The Morgan fingerprint density at radius 2 is 2.00 bits per heavy atom. The van der Waals surface area contributed by atoms with Crippen molar-refractivity contribution >= 4 is 5.69 Å². The first kappa shape index (κ1) is 14.8. The number of hydrogen-bond acceptors (Lipinski definition) is 3. The molecule has 0 aromatic carbocycles. The molecule has 102 valence electrons. The summed E-state index contributed by atoms with van der Waals surface area (Å²) in [4.78, 5) is 5.34. The summed E-state index contributed by atoms with van der Waals surface area (Å²) in [6.07, 6.45) is -2.03. The second-order valence-electron chi connectivity index (χ2n) is 4.09. The number of anilines is 1. The first-order chi connectivity index (χ1) is 8.37. The van der Waals surface area contributed by atoms with Crippen LogP contribution in [0.25, 0.3) is 0 Å². The lowest BCUT2D eigenvalue weighted by molar-refractivity contribution is -0.119. The zero-order valence-electron chi connectivity index (χ0n) is 10.5. The molecule has 0 fully saturated rings. The van der Waals surface area contributed by atoms with Crippen molar-refractivity contribution in [2.45, 2.75) is 32.5 Å². The van der Waals surface area contributed by atoms with Gasteiger partial charge >= 0.3 is 6.18 Å². The van der Waals surface area contributed by atoms with Crippen LogP contribution in [0.5, 0.6) is 0 Å². The topological polar surface area (TPSA) is 42.1 Å². The van der Waals surface area contributed by atoms with Gasteiger partial charge in [-0.1, -0.05) is 6.92 Å². The fourth-order valence-corrected chi connectivity index (χ4v) is 1.62. The third-order valence-corrected chi connectivity index (χ3v) is 2.71. The zero-order valence-corrected chi connectivity index (χ0v) is 10.5. The minimum Gasteiger partial charge on any atom is -0.362 e. The highest BCUT2D eigenvalue weighted by atomic mass is 19.4. The molecule has 0 spiro atoms. The molecule has 0 aliphatic heterocycles. The highest BCUT2D eigenvalue weighted by Crippen LogP contribution is 2.22. The normalized spacial score (nSPS) is 13.4. The summed E-state index contributed by atoms with van der Waals surface area (Å²) in [6, 6.07) is 3.15. The minimum atomic E-state index is -4.21. The average Bonchev–Trinajstić information content (AvgIpc) is 2.34. The monoisotopic (exact) mass is 261 g/mol. The quantitative estimate of drug-likeness (QED) is 0.886. The van der Waals surface area contributed by atoms with Gasteiger partial charge in [0, 0.05) is 12.6 Å². The van der Waals surface area contributed by atoms with Crippen LogP contribution in [0.2, 0.25) is 0 Å². The lowest BCUT2D eigenvalue weighted by atomic mass is 10.1. The molecular formula is C12H18F3N3. The Labute approximate surface area is 105 Å². The Balaban J connectivity index is 2.82. The molecule has 0 saturated carbocycles. The highest BCUT2D eigenvalue weighted by Gasteiger charge is 2.30. The molecule has 1 rings (SSSR count). The van der Waals surface area contributed by atoms with E-state index < -0.39 is 12.7 Å². The predicted octanol–water partition coefficient (Wildman–Crippen LogP) is 2.88. The van der Waals surface area contributed by atoms with Crippen LogP contribution < -0.4 is 10.6 Å². The molecule has 1 aromatic rings. The second kappa shape index (κ2) is 6.04. The van der Waals surface area contributed by atoms with Gasteiger partial charge in [-0.15, -0.1) is 0 Å². The van der Waals surface area contributed by atoms with E-state index in [9.17, 15) is 13.2 Å². The molecule has 0 radical (unpaired) electrons. The van der Waals surface area contributed by atoms with Crippen LogP contribution in [0.1, 0.15) is 32.0 Å². The van der Waals surface area contributed by atoms with Gasteiger partial charge in [-0.3, -0.25) is 4.98 Å². The minimum absolute atomic E-state index is 0.170. The van der Waals surface area contributed by atoms with Crippen molar-refractivity contribution in [3.8, 4) is 0 Å². The molecule has 0 aliphatic carbocycles. The molecule has 2 N–H and O–H groups in total. The predicted molar refractivity (Wildman–Crippen MR) is 65.4 cm³/mol. The van der Waals surface area contributed by atoms with E-state index in [2.05, 4.69) is 4.98 Å². The summed E-state index contributed by atoms with van der Waals surface area (Å²) in [5.74, 6) is 0. The van der Waals surface area contributed by atoms with Crippen molar-refractivity contribution in [3.63, 3.8) is 0 Å². The van der Waals surface area contributed by atoms with Crippen LogP contribution in [0.4, 0.5) is 18.9 Å². The summed E-state index contributed by atoms with van der Waals surface area (Å²) in [6.45, 7) is 2.92. The van der Waals surface area contributed by atoms with E-state index in [1.807, 2.05) is 6.92 Å². The van der Waals surface area contributed by atoms with E-state index in [-0.39, 0.29) is 12.6 Å². The molecule has 0 amide bonds. The van der Waals surface area contributed by atoms with Gasteiger partial charge in [0.1, 0.15) is 6.54 Å².